The van der Waals surface area contributed by atoms with E-state index in [1.807, 2.05) is 4.90 Å². The van der Waals surface area contributed by atoms with E-state index in [-0.39, 0.29) is 17.4 Å². The molecule has 132 valence electrons. The van der Waals surface area contributed by atoms with Gasteiger partial charge < -0.3 is 14.5 Å². The molecule has 0 aliphatic carbocycles. The summed E-state index contributed by atoms with van der Waals surface area (Å²) < 4.78 is 6.38. The Bertz CT molecular complexity index is 625. The van der Waals surface area contributed by atoms with Crippen LogP contribution < -0.4 is 10.5 Å². The lowest BCUT2D eigenvalue weighted by molar-refractivity contribution is -0.135. The van der Waals surface area contributed by atoms with Gasteiger partial charge in [0.25, 0.3) is 5.56 Å². The highest BCUT2D eigenvalue weighted by Crippen LogP contribution is 2.24. The number of likely N-dealkylation sites (tertiary alicyclic amines) is 1. The van der Waals surface area contributed by atoms with Crippen molar-refractivity contribution in [2.24, 2.45) is 5.92 Å². The molecular weight excluding hydrogens is 308 g/mol. The maximum absolute atomic E-state index is 12.6. The van der Waals surface area contributed by atoms with Crippen molar-refractivity contribution < 1.29 is 9.53 Å². The molecule has 7 nitrogen and oxygen atoms in total. The fraction of sp³-hybridized carbons (Fsp3) is 0.706. The largest absolute Gasteiger partial charge is 0.383 e. The minimum absolute atomic E-state index is 0.0408. The van der Waals surface area contributed by atoms with E-state index in [1.165, 1.54) is 11.1 Å². The molecule has 1 unspecified atom stereocenters. The standard InChI is InChI=1S/C17H26N4O3/c1-24-10-9-21-16(22)11-15(12-18-21)20-8-5-14(13-20)17(23)19-6-3-2-4-7-19/h11-12,14H,2-10,13H2,1H3. The van der Waals surface area contributed by atoms with Gasteiger partial charge in [-0.1, -0.05) is 0 Å². The summed E-state index contributed by atoms with van der Waals surface area (Å²) in [5.41, 5.74) is 0.679. The first-order valence-electron chi connectivity index (χ1n) is 8.79. The number of carbonyl (C=O) groups excluding carboxylic acids is 1. The number of methoxy groups -OCH3 is 1. The highest BCUT2D eigenvalue weighted by atomic mass is 16.5. The van der Waals surface area contributed by atoms with Gasteiger partial charge in [0.05, 0.1) is 31.0 Å². The van der Waals surface area contributed by atoms with Crippen molar-refractivity contribution >= 4 is 11.6 Å². The van der Waals surface area contributed by atoms with Crippen molar-refractivity contribution in [1.29, 1.82) is 0 Å². The summed E-state index contributed by atoms with van der Waals surface area (Å²) in [5, 5.41) is 4.21. The third kappa shape index (κ3) is 3.77. The van der Waals surface area contributed by atoms with Crippen LogP contribution in [0.25, 0.3) is 0 Å². The molecule has 2 aliphatic rings. The van der Waals surface area contributed by atoms with E-state index in [0.29, 0.717) is 19.7 Å². The van der Waals surface area contributed by atoms with Crippen molar-refractivity contribution in [3.8, 4) is 0 Å². The minimum atomic E-state index is -0.129. The third-order valence-electron chi connectivity index (χ3n) is 4.93. The summed E-state index contributed by atoms with van der Waals surface area (Å²) in [7, 11) is 1.60. The normalized spacial score (nSPS) is 21.3. The molecule has 1 atom stereocenters. The zero-order valence-corrected chi connectivity index (χ0v) is 14.3. The first kappa shape index (κ1) is 17.0. The quantitative estimate of drug-likeness (QED) is 0.794. The Kier molecular flexibility index (Phi) is 5.50. The van der Waals surface area contributed by atoms with Gasteiger partial charge >= 0.3 is 0 Å². The lowest BCUT2D eigenvalue weighted by Gasteiger charge is -2.29. The number of anilines is 1. The van der Waals surface area contributed by atoms with Crippen LogP contribution in [0.15, 0.2) is 17.1 Å². The number of piperidine rings is 1. The summed E-state index contributed by atoms with van der Waals surface area (Å²) in [4.78, 5) is 28.8. The number of amides is 1. The van der Waals surface area contributed by atoms with Crippen LogP contribution in [0.3, 0.4) is 0 Å². The van der Waals surface area contributed by atoms with E-state index >= 15 is 0 Å². The van der Waals surface area contributed by atoms with Gasteiger partial charge in [0.2, 0.25) is 5.91 Å². The predicted octanol–water partition coefficient (Wildman–Crippen LogP) is 0.728. The van der Waals surface area contributed by atoms with E-state index in [4.69, 9.17) is 4.74 Å². The molecular formula is C17H26N4O3. The van der Waals surface area contributed by atoms with Gasteiger partial charge in [-0.2, -0.15) is 5.10 Å². The summed E-state index contributed by atoms with van der Waals surface area (Å²) in [6, 6.07) is 1.61. The Labute approximate surface area is 142 Å². The number of rotatable bonds is 5. The van der Waals surface area contributed by atoms with Crippen LogP contribution in [0.4, 0.5) is 5.69 Å². The first-order chi connectivity index (χ1) is 11.7. The second-order valence-corrected chi connectivity index (χ2v) is 6.59. The van der Waals surface area contributed by atoms with Crippen molar-refractivity contribution in [2.45, 2.75) is 32.2 Å². The van der Waals surface area contributed by atoms with Gasteiger partial charge in [-0.3, -0.25) is 9.59 Å². The number of nitrogens with zero attached hydrogens (tertiary/aromatic N) is 4. The Hall–Kier alpha value is -1.89. The second-order valence-electron chi connectivity index (χ2n) is 6.59. The Morgan fingerprint density at radius 1 is 1.29 bits per heavy atom. The summed E-state index contributed by atoms with van der Waals surface area (Å²) in [6.45, 7) is 4.18. The van der Waals surface area contributed by atoms with Crippen molar-refractivity contribution in [1.82, 2.24) is 14.7 Å². The molecule has 0 spiro atoms. The predicted molar refractivity (Wildman–Crippen MR) is 91.1 cm³/mol. The van der Waals surface area contributed by atoms with Crippen molar-refractivity contribution in [3.63, 3.8) is 0 Å². The van der Waals surface area contributed by atoms with Gasteiger partial charge in [-0.15, -0.1) is 0 Å². The summed E-state index contributed by atoms with van der Waals surface area (Å²) in [6.07, 6.45) is 6.02. The van der Waals surface area contributed by atoms with Crippen LogP contribution in [-0.4, -0.2) is 60.5 Å². The van der Waals surface area contributed by atoms with E-state index in [0.717, 1.165) is 44.6 Å². The zero-order valence-electron chi connectivity index (χ0n) is 14.3. The maximum atomic E-state index is 12.6. The fourth-order valence-electron chi connectivity index (χ4n) is 3.51. The topological polar surface area (TPSA) is 67.7 Å². The molecule has 3 heterocycles. The van der Waals surface area contributed by atoms with Crippen LogP contribution >= 0.6 is 0 Å². The van der Waals surface area contributed by atoms with Crippen LogP contribution in [0.5, 0.6) is 0 Å². The summed E-state index contributed by atoms with van der Waals surface area (Å²) >= 11 is 0. The molecule has 2 fully saturated rings. The van der Waals surface area contributed by atoms with Crippen molar-refractivity contribution in [3.05, 3.63) is 22.6 Å². The molecule has 0 N–H and O–H groups in total. The van der Waals surface area contributed by atoms with Crippen LogP contribution in [-0.2, 0) is 16.1 Å². The Morgan fingerprint density at radius 3 is 2.79 bits per heavy atom. The van der Waals surface area contributed by atoms with Crippen LogP contribution in [0, 0.1) is 5.92 Å². The van der Waals surface area contributed by atoms with E-state index < -0.39 is 0 Å². The Balaban J connectivity index is 1.61. The number of hydrogen-bond donors (Lipinski definition) is 0. The molecule has 7 heteroatoms. The average molecular weight is 334 g/mol. The Morgan fingerprint density at radius 2 is 2.08 bits per heavy atom. The van der Waals surface area contributed by atoms with Crippen LogP contribution in [0.2, 0.25) is 0 Å². The SMILES string of the molecule is COCCn1ncc(N2CCC(C(=O)N3CCCCC3)C2)cc1=O. The molecule has 1 aromatic heterocycles. The molecule has 0 bridgehead atoms. The zero-order chi connectivity index (χ0) is 16.9. The second kappa shape index (κ2) is 7.79. The number of carbonyl (C=O) groups is 1. The van der Waals surface area contributed by atoms with Gasteiger partial charge in [-0.25, -0.2) is 4.68 Å². The van der Waals surface area contributed by atoms with E-state index in [1.54, 1.807) is 19.4 Å². The molecule has 2 aliphatic heterocycles. The molecule has 0 radical (unpaired) electrons. The van der Waals surface area contributed by atoms with E-state index in [2.05, 4.69) is 10.00 Å². The van der Waals surface area contributed by atoms with E-state index in [9.17, 15) is 9.59 Å². The average Bonchev–Trinajstić information content (AvgIpc) is 3.11. The molecule has 24 heavy (non-hydrogen) atoms. The maximum Gasteiger partial charge on any atom is 0.268 e. The molecule has 2 saturated heterocycles. The number of aromatic nitrogens is 2. The van der Waals surface area contributed by atoms with Crippen molar-refractivity contribution in [2.75, 3.05) is 44.8 Å². The highest BCUT2D eigenvalue weighted by Gasteiger charge is 2.32. The molecule has 3 rings (SSSR count). The van der Waals surface area contributed by atoms with Gasteiger partial charge in [-0.05, 0) is 25.7 Å². The third-order valence-corrected chi connectivity index (χ3v) is 4.93. The first-order valence-corrected chi connectivity index (χ1v) is 8.79. The van der Waals surface area contributed by atoms with Gasteiger partial charge in [0.15, 0.2) is 0 Å². The smallest absolute Gasteiger partial charge is 0.268 e. The fourth-order valence-corrected chi connectivity index (χ4v) is 3.51. The van der Waals surface area contributed by atoms with Crippen LogP contribution in [0.1, 0.15) is 25.7 Å². The van der Waals surface area contributed by atoms with Gasteiger partial charge in [0.1, 0.15) is 0 Å². The number of ether oxygens (including phenoxy) is 1. The van der Waals surface area contributed by atoms with Gasteiger partial charge in [0, 0.05) is 39.4 Å². The molecule has 1 aromatic rings. The lowest BCUT2D eigenvalue weighted by Crippen LogP contribution is -2.40. The number of hydrogen-bond acceptors (Lipinski definition) is 5. The monoisotopic (exact) mass is 334 g/mol. The molecule has 0 saturated carbocycles. The minimum Gasteiger partial charge on any atom is -0.383 e. The molecule has 1 amide bonds. The highest BCUT2D eigenvalue weighted by molar-refractivity contribution is 5.80. The lowest BCUT2D eigenvalue weighted by atomic mass is 10.0. The summed E-state index contributed by atoms with van der Waals surface area (Å²) in [5.74, 6) is 0.317. The molecule has 0 aromatic carbocycles.